The molecule has 0 aliphatic rings. The van der Waals surface area contributed by atoms with Crippen LogP contribution in [-0.4, -0.2) is 33.7 Å². The van der Waals surface area contributed by atoms with Crippen LogP contribution in [0.4, 0.5) is 5.69 Å². The Hall–Kier alpha value is -2.54. The monoisotopic (exact) mass is 432 g/mol. The average Bonchev–Trinajstić information content (AvgIpc) is 2.71. The fraction of sp³-hybridized carbons (Fsp3) is 0.435. The molecule has 0 bridgehead atoms. The maximum absolute atomic E-state index is 13.3. The van der Waals surface area contributed by atoms with Gasteiger partial charge in [0.15, 0.2) is 0 Å². The van der Waals surface area contributed by atoms with E-state index in [2.05, 4.69) is 19.2 Å². The molecule has 0 spiro atoms. The summed E-state index contributed by atoms with van der Waals surface area (Å²) in [5.74, 6) is 0.669. The number of anilines is 1. The van der Waals surface area contributed by atoms with E-state index >= 15 is 0 Å². The lowest BCUT2D eigenvalue weighted by Gasteiger charge is -2.32. The average molecular weight is 433 g/mol. The van der Waals surface area contributed by atoms with Gasteiger partial charge in [0.2, 0.25) is 15.9 Å². The summed E-state index contributed by atoms with van der Waals surface area (Å²) < 4.78 is 31.6. The maximum Gasteiger partial charge on any atom is 0.244 e. The minimum Gasteiger partial charge on any atom is -0.497 e. The zero-order valence-electron chi connectivity index (χ0n) is 18.3. The van der Waals surface area contributed by atoms with Crippen molar-refractivity contribution in [3.63, 3.8) is 0 Å². The number of sulfonamides is 1. The summed E-state index contributed by atoms with van der Waals surface area (Å²) in [7, 11) is -2.14. The molecule has 1 amide bonds. The van der Waals surface area contributed by atoms with Gasteiger partial charge >= 0.3 is 0 Å². The van der Waals surface area contributed by atoms with Crippen LogP contribution < -0.4 is 14.4 Å². The molecule has 0 radical (unpaired) electrons. The maximum atomic E-state index is 13.3. The smallest absolute Gasteiger partial charge is 0.244 e. The number of methoxy groups -OCH3 is 1. The molecule has 1 N–H and O–H groups in total. The van der Waals surface area contributed by atoms with Crippen molar-refractivity contribution in [1.82, 2.24) is 5.32 Å². The van der Waals surface area contributed by atoms with Crippen molar-refractivity contribution in [2.75, 3.05) is 17.7 Å². The molecule has 0 saturated heterocycles. The van der Waals surface area contributed by atoms with Gasteiger partial charge in [-0.2, -0.15) is 0 Å². The van der Waals surface area contributed by atoms with Crippen LogP contribution in [0, 0.1) is 5.92 Å². The number of hydrogen-bond acceptors (Lipinski definition) is 4. The molecule has 0 fully saturated rings. The largest absolute Gasteiger partial charge is 0.497 e. The lowest BCUT2D eigenvalue weighted by Crippen LogP contribution is -2.50. The van der Waals surface area contributed by atoms with E-state index in [4.69, 9.17) is 4.74 Å². The topological polar surface area (TPSA) is 75.7 Å². The van der Waals surface area contributed by atoms with E-state index in [-0.39, 0.29) is 11.9 Å². The summed E-state index contributed by atoms with van der Waals surface area (Å²) in [4.78, 5) is 13.3. The highest BCUT2D eigenvalue weighted by atomic mass is 32.2. The van der Waals surface area contributed by atoms with Crippen LogP contribution in [0.2, 0.25) is 0 Å². The van der Waals surface area contributed by atoms with Gasteiger partial charge in [0, 0.05) is 0 Å². The van der Waals surface area contributed by atoms with Crippen LogP contribution in [-0.2, 0) is 14.8 Å². The lowest BCUT2D eigenvalue weighted by atomic mass is 9.96. The Morgan fingerprint density at radius 3 is 2.13 bits per heavy atom. The van der Waals surface area contributed by atoms with Crippen molar-refractivity contribution in [2.45, 2.75) is 45.7 Å². The van der Waals surface area contributed by atoms with Gasteiger partial charge in [0.1, 0.15) is 11.8 Å². The van der Waals surface area contributed by atoms with Crippen molar-refractivity contribution < 1.29 is 17.9 Å². The van der Waals surface area contributed by atoms with E-state index in [1.807, 2.05) is 37.3 Å². The quantitative estimate of drug-likeness (QED) is 0.612. The Labute approximate surface area is 180 Å². The van der Waals surface area contributed by atoms with Crippen LogP contribution in [0.1, 0.15) is 45.2 Å². The first-order valence-corrected chi connectivity index (χ1v) is 12.0. The molecule has 0 aliphatic heterocycles. The van der Waals surface area contributed by atoms with Crippen LogP contribution in [0.15, 0.2) is 54.6 Å². The second-order valence-electron chi connectivity index (χ2n) is 7.78. The van der Waals surface area contributed by atoms with Gasteiger partial charge in [-0.3, -0.25) is 9.10 Å². The number of carbonyl (C=O) groups is 1. The molecule has 2 rings (SSSR count). The fourth-order valence-corrected chi connectivity index (χ4v) is 4.70. The fourth-order valence-electron chi connectivity index (χ4n) is 3.49. The van der Waals surface area contributed by atoms with Gasteiger partial charge in [-0.25, -0.2) is 8.42 Å². The third-order valence-electron chi connectivity index (χ3n) is 4.88. The highest BCUT2D eigenvalue weighted by Gasteiger charge is 2.32. The number of benzene rings is 2. The zero-order chi connectivity index (χ0) is 22.3. The van der Waals surface area contributed by atoms with E-state index in [0.29, 0.717) is 23.8 Å². The molecule has 6 nitrogen and oxygen atoms in total. The minimum absolute atomic E-state index is 0.190. The number of hydrogen-bond donors (Lipinski definition) is 1. The first-order chi connectivity index (χ1) is 14.2. The summed E-state index contributed by atoms with van der Waals surface area (Å²) >= 11 is 0. The molecule has 2 atom stereocenters. The van der Waals surface area contributed by atoms with E-state index in [9.17, 15) is 13.2 Å². The number of nitrogens with zero attached hydrogens (tertiary/aromatic N) is 1. The highest BCUT2D eigenvalue weighted by Crippen LogP contribution is 2.27. The predicted octanol–water partition coefficient (Wildman–Crippen LogP) is 4.14. The van der Waals surface area contributed by atoms with Gasteiger partial charge in [-0.1, -0.05) is 51.1 Å². The Morgan fingerprint density at radius 1 is 1.07 bits per heavy atom. The van der Waals surface area contributed by atoms with Crippen LogP contribution >= 0.6 is 0 Å². The SMILES string of the molecule is CC[C@@H](C(=O)N[C@H](CC(C)C)c1ccccc1)N(c1ccc(OC)cc1)S(C)(=O)=O. The Morgan fingerprint density at radius 2 is 1.67 bits per heavy atom. The molecule has 164 valence electrons. The van der Waals surface area contributed by atoms with Crippen molar-refractivity contribution in [1.29, 1.82) is 0 Å². The molecule has 0 unspecified atom stereocenters. The van der Waals surface area contributed by atoms with E-state index in [1.165, 1.54) is 4.31 Å². The Bertz CT molecular complexity index is 912. The summed E-state index contributed by atoms with van der Waals surface area (Å²) in [6.07, 6.45) is 2.22. The number of carbonyl (C=O) groups excluding carboxylic acids is 1. The van der Waals surface area contributed by atoms with E-state index in [1.54, 1.807) is 31.4 Å². The van der Waals surface area contributed by atoms with Crippen LogP contribution in [0.25, 0.3) is 0 Å². The van der Waals surface area contributed by atoms with Crippen molar-refractivity contribution >= 4 is 21.6 Å². The van der Waals surface area contributed by atoms with E-state index in [0.717, 1.165) is 18.2 Å². The first-order valence-electron chi connectivity index (χ1n) is 10.2. The van der Waals surface area contributed by atoms with Gasteiger partial charge in [0.25, 0.3) is 0 Å². The van der Waals surface area contributed by atoms with Gasteiger partial charge in [-0.05, 0) is 48.6 Å². The Balaban J connectivity index is 2.35. The lowest BCUT2D eigenvalue weighted by molar-refractivity contribution is -0.123. The third kappa shape index (κ3) is 6.23. The summed E-state index contributed by atoms with van der Waals surface area (Å²) in [6.45, 7) is 6.01. The van der Waals surface area contributed by atoms with Crippen molar-refractivity contribution in [3.8, 4) is 5.75 Å². The second-order valence-corrected chi connectivity index (χ2v) is 9.64. The summed E-state index contributed by atoms with van der Waals surface area (Å²) in [5, 5.41) is 3.09. The number of nitrogens with one attached hydrogen (secondary N) is 1. The van der Waals surface area contributed by atoms with Gasteiger partial charge in [-0.15, -0.1) is 0 Å². The van der Waals surface area contributed by atoms with Crippen LogP contribution in [0.5, 0.6) is 5.75 Å². The minimum atomic E-state index is -3.69. The van der Waals surface area contributed by atoms with Gasteiger partial charge < -0.3 is 10.1 Å². The van der Waals surface area contributed by atoms with Gasteiger partial charge in [0.05, 0.1) is 25.1 Å². The molecule has 2 aromatic rings. The normalized spacial score (nSPS) is 13.5. The predicted molar refractivity (Wildman–Crippen MR) is 121 cm³/mol. The molecule has 0 saturated carbocycles. The zero-order valence-corrected chi connectivity index (χ0v) is 19.1. The molecule has 2 aromatic carbocycles. The first kappa shape index (κ1) is 23.7. The Kier molecular flexibility index (Phi) is 8.29. The number of amides is 1. The molecule has 7 heteroatoms. The highest BCUT2D eigenvalue weighted by molar-refractivity contribution is 7.92. The molecular formula is C23H32N2O4S. The number of ether oxygens (including phenoxy) is 1. The molecule has 30 heavy (non-hydrogen) atoms. The summed E-state index contributed by atoms with van der Waals surface area (Å²) in [5.41, 5.74) is 1.44. The van der Waals surface area contributed by atoms with Crippen molar-refractivity contribution in [3.05, 3.63) is 60.2 Å². The molecular weight excluding hydrogens is 400 g/mol. The molecule has 0 aromatic heterocycles. The third-order valence-corrected chi connectivity index (χ3v) is 6.06. The van der Waals surface area contributed by atoms with E-state index < -0.39 is 16.1 Å². The van der Waals surface area contributed by atoms with Crippen molar-refractivity contribution in [2.24, 2.45) is 5.92 Å². The van der Waals surface area contributed by atoms with Crippen LogP contribution in [0.3, 0.4) is 0 Å². The standard InChI is InChI=1S/C23H32N2O4S/c1-6-22(25(30(5,27)28)19-12-14-20(29-4)15-13-19)23(26)24-21(16-17(2)3)18-10-8-7-9-11-18/h7-15,17,21-22H,6,16H2,1-5H3,(H,24,26)/t21-,22+/m1/s1. The number of rotatable bonds is 10. The molecule has 0 aliphatic carbocycles. The molecule has 0 heterocycles. The summed E-state index contributed by atoms with van der Waals surface area (Å²) in [6, 6.07) is 15.4. The second kappa shape index (κ2) is 10.5.